The Kier molecular flexibility index (Phi) is 3.79. The van der Waals surface area contributed by atoms with Crippen molar-refractivity contribution in [2.45, 2.75) is 13.0 Å². The van der Waals surface area contributed by atoms with Gasteiger partial charge in [0.2, 0.25) is 0 Å². The molecule has 1 unspecified atom stereocenters. The topological polar surface area (TPSA) is 55.9 Å². The molecule has 0 amide bonds. The number of nitrogens with one attached hydrogen (secondary N) is 1. The number of hydrazine groups is 1. The number of aromatic nitrogens is 2. The van der Waals surface area contributed by atoms with Gasteiger partial charge >= 0.3 is 0 Å². The molecule has 0 aliphatic heterocycles. The van der Waals surface area contributed by atoms with E-state index in [1.165, 1.54) is 6.07 Å². The fourth-order valence-corrected chi connectivity index (χ4v) is 2.52. The number of halogens is 2. The summed E-state index contributed by atoms with van der Waals surface area (Å²) in [4.78, 5) is 0. The zero-order valence-corrected chi connectivity index (χ0v) is 11.7. The summed E-state index contributed by atoms with van der Waals surface area (Å²) < 4.78 is 16.4. The smallest absolute Gasteiger partial charge is 0.128 e. The summed E-state index contributed by atoms with van der Waals surface area (Å²) in [5, 5.41) is 4.11. The Morgan fingerprint density at radius 2 is 2.22 bits per heavy atom. The minimum atomic E-state index is -0.452. The van der Waals surface area contributed by atoms with Crippen LogP contribution < -0.4 is 11.3 Å². The minimum absolute atomic E-state index is 0.295. The van der Waals surface area contributed by atoms with Crippen molar-refractivity contribution in [3.8, 4) is 0 Å². The second-order valence-corrected chi connectivity index (χ2v) is 4.98. The molecule has 0 aliphatic rings. The number of nitrogens with two attached hydrogens (primary N) is 1. The largest absolute Gasteiger partial charge is 0.271 e. The predicted molar refractivity (Wildman–Crippen MR) is 71.2 cm³/mol. The summed E-state index contributed by atoms with van der Waals surface area (Å²) in [5.74, 6) is 5.28. The second kappa shape index (κ2) is 5.17. The Balaban J connectivity index is 2.55. The van der Waals surface area contributed by atoms with Crippen LogP contribution in [-0.2, 0) is 7.05 Å². The van der Waals surface area contributed by atoms with Gasteiger partial charge in [-0.05, 0) is 28.9 Å². The third-order valence-electron chi connectivity index (χ3n) is 2.84. The number of hydrogen-bond donors (Lipinski definition) is 2. The maximum Gasteiger partial charge on any atom is 0.128 e. The zero-order chi connectivity index (χ0) is 13.3. The van der Waals surface area contributed by atoms with Gasteiger partial charge in [-0.1, -0.05) is 17.7 Å². The molecule has 96 valence electrons. The first-order valence-electron chi connectivity index (χ1n) is 5.44. The van der Waals surface area contributed by atoms with Crippen LogP contribution in [0.25, 0.3) is 0 Å². The van der Waals surface area contributed by atoms with Gasteiger partial charge in [0.1, 0.15) is 5.82 Å². The predicted octanol–water partition coefficient (Wildman–Crippen LogP) is 2.18. The lowest BCUT2D eigenvalue weighted by atomic mass is 10.0. The first kappa shape index (κ1) is 13.2. The van der Waals surface area contributed by atoms with E-state index in [9.17, 15) is 4.39 Å². The van der Waals surface area contributed by atoms with Gasteiger partial charge in [0.05, 0.1) is 22.4 Å². The van der Waals surface area contributed by atoms with E-state index >= 15 is 0 Å². The van der Waals surface area contributed by atoms with E-state index in [4.69, 9.17) is 5.84 Å². The van der Waals surface area contributed by atoms with Gasteiger partial charge in [-0.2, -0.15) is 5.10 Å². The van der Waals surface area contributed by atoms with Crippen molar-refractivity contribution in [2.24, 2.45) is 12.9 Å². The lowest BCUT2D eigenvalue weighted by molar-refractivity contribution is 0.531. The molecule has 0 fully saturated rings. The molecule has 0 bridgehead atoms. The van der Waals surface area contributed by atoms with E-state index in [-0.39, 0.29) is 5.82 Å². The standard InChI is InChI=1S/C12H14BrFN4/c1-7-3-4-10(14)8(5-7)11(17-15)12-9(13)6-16-18(12)2/h3-6,11,17H,15H2,1-2H3. The van der Waals surface area contributed by atoms with Crippen molar-refractivity contribution in [2.75, 3.05) is 0 Å². The number of benzene rings is 1. The molecule has 2 rings (SSSR count). The molecule has 1 aromatic heterocycles. The molecule has 0 spiro atoms. The summed E-state index contributed by atoms with van der Waals surface area (Å²) in [6.07, 6.45) is 1.66. The molecule has 6 heteroatoms. The van der Waals surface area contributed by atoms with Crippen LogP contribution in [-0.4, -0.2) is 9.78 Å². The van der Waals surface area contributed by atoms with Gasteiger partial charge in [-0.3, -0.25) is 10.5 Å². The van der Waals surface area contributed by atoms with Crippen LogP contribution in [0.4, 0.5) is 4.39 Å². The van der Waals surface area contributed by atoms with E-state index < -0.39 is 6.04 Å². The van der Waals surface area contributed by atoms with Gasteiger partial charge in [-0.15, -0.1) is 0 Å². The monoisotopic (exact) mass is 312 g/mol. The first-order chi connectivity index (χ1) is 8.54. The Hall–Kier alpha value is -1.24. The van der Waals surface area contributed by atoms with Crippen LogP contribution in [0.3, 0.4) is 0 Å². The highest BCUT2D eigenvalue weighted by molar-refractivity contribution is 9.10. The lowest BCUT2D eigenvalue weighted by Gasteiger charge is -2.18. The highest BCUT2D eigenvalue weighted by Gasteiger charge is 2.22. The number of aryl methyl sites for hydroxylation is 2. The molecule has 0 saturated heterocycles. The van der Waals surface area contributed by atoms with Crippen molar-refractivity contribution in [1.29, 1.82) is 0 Å². The van der Waals surface area contributed by atoms with Gasteiger partial charge < -0.3 is 0 Å². The molecule has 2 aromatic rings. The molecule has 18 heavy (non-hydrogen) atoms. The quantitative estimate of drug-likeness (QED) is 0.674. The van der Waals surface area contributed by atoms with Crippen LogP contribution in [0.2, 0.25) is 0 Å². The Morgan fingerprint density at radius 3 is 2.78 bits per heavy atom. The highest BCUT2D eigenvalue weighted by atomic mass is 79.9. The fraction of sp³-hybridized carbons (Fsp3) is 0.250. The van der Waals surface area contributed by atoms with E-state index in [1.807, 2.05) is 6.92 Å². The van der Waals surface area contributed by atoms with E-state index in [1.54, 1.807) is 30.1 Å². The average molecular weight is 313 g/mol. The lowest BCUT2D eigenvalue weighted by Crippen LogP contribution is -2.31. The van der Waals surface area contributed by atoms with Crippen molar-refractivity contribution in [3.63, 3.8) is 0 Å². The molecule has 4 nitrogen and oxygen atoms in total. The minimum Gasteiger partial charge on any atom is -0.271 e. The molecule has 3 N–H and O–H groups in total. The molecule has 0 aliphatic carbocycles. The van der Waals surface area contributed by atoms with Crippen molar-refractivity contribution in [3.05, 3.63) is 51.5 Å². The molecular weight excluding hydrogens is 299 g/mol. The van der Waals surface area contributed by atoms with Gasteiger partial charge in [-0.25, -0.2) is 9.82 Å². The first-order valence-corrected chi connectivity index (χ1v) is 6.23. The maximum absolute atomic E-state index is 13.9. The maximum atomic E-state index is 13.9. The van der Waals surface area contributed by atoms with E-state index in [0.29, 0.717) is 5.56 Å². The van der Waals surface area contributed by atoms with E-state index in [2.05, 4.69) is 26.5 Å². The Labute approximate surface area is 113 Å². The van der Waals surface area contributed by atoms with Crippen molar-refractivity contribution < 1.29 is 4.39 Å². The normalized spacial score (nSPS) is 12.7. The highest BCUT2D eigenvalue weighted by Crippen LogP contribution is 2.29. The van der Waals surface area contributed by atoms with Crippen molar-refractivity contribution in [1.82, 2.24) is 15.2 Å². The number of nitrogens with zero attached hydrogens (tertiary/aromatic N) is 2. The molecule has 1 atom stereocenters. The third-order valence-corrected chi connectivity index (χ3v) is 3.45. The summed E-state index contributed by atoms with van der Waals surface area (Å²) in [6, 6.07) is 4.50. The van der Waals surface area contributed by atoms with Crippen LogP contribution in [0.5, 0.6) is 0 Å². The molecular formula is C12H14BrFN4. The molecule has 1 heterocycles. The summed E-state index contributed by atoms with van der Waals surface area (Å²) in [5.41, 5.74) is 4.90. The number of hydrogen-bond acceptors (Lipinski definition) is 3. The zero-order valence-electron chi connectivity index (χ0n) is 10.1. The van der Waals surface area contributed by atoms with Crippen LogP contribution in [0.15, 0.2) is 28.9 Å². The SMILES string of the molecule is Cc1ccc(F)c(C(NN)c2c(Br)cnn2C)c1. The molecule has 0 radical (unpaired) electrons. The van der Waals surface area contributed by atoms with Crippen LogP contribution in [0.1, 0.15) is 22.9 Å². The summed E-state index contributed by atoms with van der Waals surface area (Å²) in [6.45, 7) is 1.91. The summed E-state index contributed by atoms with van der Waals surface area (Å²) in [7, 11) is 1.79. The Bertz CT molecular complexity index is 548. The number of rotatable bonds is 3. The van der Waals surface area contributed by atoms with E-state index in [0.717, 1.165) is 15.7 Å². The summed E-state index contributed by atoms with van der Waals surface area (Å²) >= 11 is 3.40. The Morgan fingerprint density at radius 1 is 1.50 bits per heavy atom. The van der Waals surface area contributed by atoms with Gasteiger partial charge in [0, 0.05) is 12.6 Å². The molecule has 0 saturated carbocycles. The van der Waals surface area contributed by atoms with Crippen molar-refractivity contribution >= 4 is 15.9 Å². The molecule has 1 aromatic carbocycles. The van der Waals surface area contributed by atoms with Gasteiger partial charge in [0.25, 0.3) is 0 Å². The van der Waals surface area contributed by atoms with Crippen LogP contribution in [0, 0.1) is 12.7 Å². The average Bonchev–Trinajstić information content (AvgIpc) is 2.66. The fourth-order valence-electron chi connectivity index (χ4n) is 1.95. The second-order valence-electron chi connectivity index (χ2n) is 4.13. The van der Waals surface area contributed by atoms with Crippen LogP contribution >= 0.6 is 15.9 Å². The van der Waals surface area contributed by atoms with Gasteiger partial charge in [0.15, 0.2) is 0 Å². The third kappa shape index (κ3) is 2.31.